The molecule has 0 aromatic rings. The molecule has 0 aliphatic rings. The number of nitrogens with zero attached hydrogens (tertiary/aromatic N) is 1. The summed E-state index contributed by atoms with van der Waals surface area (Å²) in [6, 6.07) is 0. The summed E-state index contributed by atoms with van der Waals surface area (Å²) >= 11 is 0. The van der Waals surface area contributed by atoms with Crippen molar-refractivity contribution in [3.63, 3.8) is 0 Å². The van der Waals surface area contributed by atoms with Gasteiger partial charge in [-0.1, -0.05) is 283 Å². The summed E-state index contributed by atoms with van der Waals surface area (Å²) in [6.45, 7) is 4.09. The van der Waals surface area contributed by atoms with Crippen molar-refractivity contribution in [2.75, 3.05) is 47.5 Å². The molecule has 10 heteroatoms. The molecule has 0 bridgehead atoms. The summed E-state index contributed by atoms with van der Waals surface area (Å²) in [5.41, 5.74) is 0. The number of hydrogen-bond donors (Lipinski definition) is 1. The van der Waals surface area contributed by atoms with E-state index in [4.69, 9.17) is 18.5 Å². The lowest BCUT2D eigenvalue weighted by Crippen LogP contribution is -2.37. The Kier molecular flexibility index (Phi) is 57.3. The molecule has 0 fully saturated rings. The highest BCUT2D eigenvalue weighted by Crippen LogP contribution is 2.43. The molecule has 1 N–H and O–H groups in total. The van der Waals surface area contributed by atoms with E-state index in [0.29, 0.717) is 23.9 Å². The Bertz CT molecular complexity index is 1760. The number of esters is 2. The number of carbonyl (C=O) groups is 2. The number of likely N-dealkylation sites (N-methyl/N-ethyl adjacent to an activating group) is 1. The lowest BCUT2D eigenvalue weighted by molar-refractivity contribution is -0.870. The van der Waals surface area contributed by atoms with Gasteiger partial charge in [-0.3, -0.25) is 18.6 Å². The zero-order valence-corrected chi connectivity index (χ0v) is 52.9. The van der Waals surface area contributed by atoms with Gasteiger partial charge in [0, 0.05) is 6.42 Å². The maximum atomic E-state index is 12.8. The first-order valence-corrected chi connectivity index (χ1v) is 33.8. The van der Waals surface area contributed by atoms with Crippen LogP contribution in [0.4, 0.5) is 0 Å². The van der Waals surface area contributed by atoms with E-state index in [9.17, 15) is 19.0 Å². The number of unbranched alkanes of at least 4 members (excludes halogenated alkanes) is 25. The van der Waals surface area contributed by atoms with Gasteiger partial charge in [0.25, 0.3) is 0 Å². The van der Waals surface area contributed by atoms with Gasteiger partial charge in [-0.15, -0.1) is 0 Å². The lowest BCUT2D eigenvalue weighted by Gasteiger charge is -2.24. The van der Waals surface area contributed by atoms with Crippen LogP contribution in [0.3, 0.4) is 0 Å². The topological polar surface area (TPSA) is 108 Å². The van der Waals surface area contributed by atoms with Crippen LogP contribution in [0, 0.1) is 0 Å². The average Bonchev–Trinajstić information content (AvgIpc) is 3.42. The third kappa shape index (κ3) is 63.6. The molecule has 0 saturated carbocycles. The van der Waals surface area contributed by atoms with Gasteiger partial charge in [0.2, 0.25) is 0 Å². The molecule has 0 saturated heterocycles. The predicted molar refractivity (Wildman–Crippen MR) is 344 cm³/mol. The number of phosphoric ester groups is 1. The van der Waals surface area contributed by atoms with Gasteiger partial charge in [0.1, 0.15) is 19.8 Å². The van der Waals surface area contributed by atoms with E-state index in [2.05, 4.69) is 117 Å². The van der Waals surface area contributed by atoms with Gasteiger partial charge >= 0.3 is 19.8 Å². The molecule has 2 unspecified atom stereocenters. The van der Waals surface area contributed by atoms with Gasteiger partial charge < -0.3 is 18.9 Å². The van der Waals surface area contributed by atoms with Crippen molar-refractivity contribution < 1.29 is 42.1 Å². The molecule has 0 amide bonds. The highest BCUT2D eigenvalue weighted by atomic mass is 31.2. The van der Waals surface area contributed by atoms with E-state index in [-0.39, 0.29) is 26.1 Å². The largest absolute Gasteiger partial charge is 0.472 e. The van der Waals surface area contributed by atoms with E-state index >= 15 is 0 Å². The number of allylic oxidation sites excluding steroid dienone is 19. The van der Waals surface area contributed by atoms with E-state index in [1.807, 2.05) is 33.3 Å². The molecule has 80 heavy (non-hydrogen) atoms. The zero-order valence-electron chi connectivity index (χ0n) is 52.0. The molecule has 0 spiro atoms. The molecule has 0 radical (unpaired) electrons. The summed E-state index contributed by atoms with van der Waals surface area (Å²) in [4.78, 5) is 35.6. The van der Waals surface area contributed by atoms with E-state index in [1.54, 1.807) is 6.08 Å². The highest BCUT2D eigenvalue weighted by molar-refractivity contribution is 7.47. The molecule has 0 aromatic carbocycles. The zero-order chi connectivity index (χ0) is 58.4. The first kappa shape index (κ1) is 76.4. The Hall–Kier alpha value is -3.59. The second-order valence-electron chi connectivity index (χ2n) is 22.4. The molecular weight excluding hydrogens is 1010 g/mol. The fourth-order valence-corrected chi connectivity index (χ4v) is 9.39. The van der Waals surface area contributed by atoms with Crippen molar-refractivity contribution in [3.05, 3.63) is 122 Å². The minimum atomic E-state index is -4.41. The third-order valence-corrected chi connectivity index (χ3v) is 14.5. The van der Waals surface area contributed by atoms with Crippen molar-refractivity contribution in [3.8, 4) is 0 Å². The number of rotatable bonds is 58. The molecule has 9 nitrogen and oxygen atoms in total. The second kappa shape index (κ2) is 60.0. The standard InChI is InChI=1S/C70H120NO8P/c1-6-8-10-12-14-16-18-20-22-23-24-25-26-27-28-29-30-31-32-33-34-35-36-37-38-39-40-41-42-43-44-45-46-47-49-51-53-55-57-59-61-63-70(73)79-68(67-78-80(74,75)77-65-64-71(3,4)5)66-76-69(72)62-60-58-56-54-52-50-48-21-19-17-15-13-11-9-7-2/h8-11,14-17,20-22,24-25,27-28,48,52,54,58,60,68H,6-7,12-13,18-19,23,26,29-47,49-51,53,55-57,59,61-67H2,1-5H3/p+1/b10-8-,11-9-,16-14-,17-15-,22-20-,25-24-,28-27-,48-21-,54-52-,60-58-. The lowest BCUT2D eigenvalue weighted by atomic mass is 10.0. The summed E-state index contributed by atoms with van der Waals surface area (Å²) in [7, 11) is 1.43. The van der Waals surface area contributed by atoms with Gasteiger partial charge in [-0.05, 0) is 83.5 Å². The number of quaternary nitrogens is 1. The summed E-state index contributed by atoms with van der Waals surface area (Å²) in [5, 5.41) is 0. The van der Waals surface area contributed by atoms with Crippen molar-refractivity contribution >= 4 is 19.8 Å². The van der Waals surface area contributed by atoms with Crippen LogP contribution >= 0.6 is 7.82 Å². The monoisotopic (exact) mass is 1130 g/mol. The van der Waals surface area contributed by atoms with Crippen LogP contribution in [-0.2, 0) is 32.7 Å². The fraction of sp³-hybridized carbons (Fsp3) is 0.686. The van der Waals surface area contributed by atoms with Crippen LogP contribution in [0.15, 0.2) is 122 Å². The quantitative estimate of drug-likeness (QED) is 0.0211. The Labute approximate surface area is 492 Å². The Morgan fingerprint density at radius 2 is 0.713 bits per heavy atom. The molecule has 0 aromatic heterocycles. The normalized spacial score (nSPS) is 14.0. The Balaban J connectivity index is 3.95. The summed E-state index contributed by atoms with van der Waals surface area (Å²) < 4.78 is 34.4. The second-order valence-corrected chi connectivity index (χ2v) is 23.9. The minimum Gasteiger partial charge on any atom is -0.461 e. The minimum absolute atomic E-state index is 0.0148. The molecule has 0 aliphatic carbocycles. The molecule has 458 valence electrons. The van der Waals surface area contributed by atoms with Crippen molar-refractivity contribution in [1.82, 2.24) is 0 Å². The molecule has 0 heterocycles. The number of ether oxygens (including phenoxy) is 2. The van der Waals surface area contributed by atoms with E-state index < -0.39 is 32.5 Å². The van der Waals surface area contributed by atoms with Crippen LogP contribution in [0.2, 0.25) is 0 Å². The van der Waals surface area contributed by atoms with Crippen LogP contribution < -0.4 is 0 Å². The number of carbonyl (C=O) groups excluding carboxylic acids is 2. The summed E-state index contributed by atoms with van der Waals surface area (Å²) in [5.74, 6) is -0.943. The van der Waals surface area contributed by atoms with E-state index in [0.717, 1.165) is 77.0 Å². The van der Waals surface area contributed by atoms with Crippen LogP contribution in [0.25, 0.3) is 0 Å². The van der Waals surface area contributed by atoms with Gasteiger partial charge in [-0.2, -0.15) is 0 Å². The van der Waals surface area contributed by atoms with E-state index in [1.165, 1.54) is 141 Å². The van der Waals surface area contributed by atoms with Crippen molar-refractivity contribution in [1.29, 1.82) is 0 Å². The van der Waals surface area contributed by atoms with Crippen LogP contribution in [0.1, 0.15) is 258 Å². The number of phosphoric acid groups is 1. The van der Waals surface area contributed by atoms with Crippen LogP contribution in [-0.4, -0.2) is 74.9 Å². The van der Waals surface area contributed by atoms with Crippen molar-refractivity contribution in [2.24, 2.45) is 0 Å². The van der Waals surface area contributed by atoms with Crippen molar-refractivity contribution in [2.45, 2.75) is 264 Å². The first-order chi connectivity index (χ1) is 39.0. The molecular formula is C70H121NO8P+. The van der Waals surface area contributed by atoms with Gasteiger partial charge in [0.05, 0.1) is 34.2 Å². The third-order valence-electron chi connectivity index (χ3n) is 13.5. The average molecular weight is 1140 g/mol. The maximum absolute atomic E-state index is 12.8. The smallest absolute Gasteiger partial charge is 0.461 e. The summed E-state index contributed by atoms with van der Waals surface area (Å²) in [6.07, 6.45) is 86.4. The highest BCUT2D eigenvalue weighted by Gasteiger charge is 2.27. The van der Waals surface area contributed by atoms with Gasteiger partial charge in [0.15, 0.2) is 6.10 Å². The maximum Gasteiger partial charge on any atom is 0.472 e. The SMILES string of the molecule is CC/C=C\C/C=C\C/C=C\C/C=C\C/C=C\CCCCCCCCCCCCCCCCCCCCCCCCCCCC(=O)OC(COC(=O)C/C=C\C/C=C\C/C=C\C/C=C\C/C=C\CC)COP(=O)(O)OCC[N+](C)(C)C. The fourth-order valence-electron chi connectivity index (χ4n) is 8.65. The first-order valence-electron chi connectivity index (χ1n) is 32.3. The Morgan fingerprint density at radius 3 is 1.06 bits per heavy atom. The molecule has 2 atom stereocenters. The molecule has 0 aliphatic heterocycles. The number of hydrogen-bond acceptors (Lipinski definition) is 7. The molecule has 0 rings (SSSR count). The predicted octanol–water partition coefficient (Wildman–Crippen LogP) is 20.7. The van der Waals surface area contributed by atoms with Gasteiger partial charge in [-0.25, -0.2) is 4.57 Å². The Morgan fingerprint density at radius 1 is 0.400 bits per heavy atom. The van der Waals surface area contributed by atoms with Crippen LogP contribution in [0.5, 0.6) is 0 Å².